The second-order valence-corrected chi connectivity index (χ2v) is 9.63. The summed E-state index contributed by atoms with van der Waals surface area (Å²) in [5.74, 6) is 0.291. The first-order chi connectivity index (χ1) is 13.8. The van der Waals surface area contributed by atoms with Crippen molar-refractivity contribution >= 4 is 25.7 Å². The van der Waals surface area contributed by atoms with Gasteiger partial charge >= 0.3 is 0 Å². The Bertz CT molecular complexity index is 1200. The fourth-order valence-electron chi connectivity index (χ4n) is 2.66. The number of ether oxygens (including phenoxy) is 1. The van der Waals surface area contributed by atoms with Crippen molar-refractivity contribution in [3.63, 3.8) is 0 Å². The minimum absolute atomic E-state index is 0.164. The van der Waals surface area contributed by atoms with Crippen molar-refractivity contribution in [2.45, 2.75) is 9.79 Å². The maximum absolute atomic E-state index is 13.4. The number of benzene rings is 3. The highest BCUT2D eigenvalue weighted by molar-refractivity contribution is 8.10. The SMILES string of the molecule is COc1ccc(N(S(=O)(=O)c2ccccc2)S(=O)(=O)c2ccccc2)c(C#N)c1. The van der Waals surface area contributed by atoms with E-state index in [4.69, 9.17) is 4.74 Å². The van der Waals surface area contributed by atoms with Crippen LogP contribution in [0.25, 0.3) is 0 Å². The van der Waals surface area contributed by atoms with Gasteiger partial charge in [-0.25, -0.2) is 16.8 Å². The lowest BCUT2D eigenvalue weighted by molar-refractivity contribution is 0.414. The fourth-order valence-corrected chi connectivity index (χ4v) is 6.43. The van der Waals surface area contributed by atoms with Crippen LogP contribution in [-0.2, 0) is 20.0 Å². The Morgan fingerprint density at radius 3 is 1.69 bits per heavy atom. The van der Waals surface area contributed by atoms with Crippen molar-refractivity contribution in [1.29, 1.82) is 5.26 Å². The summed E-state index contributed by atoms with van der Waals surface area (Å²) in [7, 11) is -7.73. The monoisotopic (exact) mass is 428 g/mol. The molecule has 0 unspecified atom stereocenters. The predicted octanol–water partition coefficient (Wildman–Crippen LogP) is 3.15. The molecule has 3 rings (SSSR count). The molecule has 0 spiro atoms. The van der Waals surface area contributed by atoms with Crippen molar-refractivity contribution < 1.29 is 21.6 Å². The first-order valence-corrected chi connectivity index (χ1v) is 11.2. The summed E-state index contributed by atoms with van der Waals surface area (Å²) in [6, 6.07) is 20.1. The molecule has 0 N–H and O–H groups in total. The maximum atomic E-state index is 13.4. The summed E-state index contributed by atoms with van der Waals surface area (Å²) in [5, 5.41) is 9.54. The molecule has 3 aromatic carbocycles. The third-order valence-corrected chi connectivity index (χ3v) is 8.22. The first-order valence-electron chi connectivity index (χ1n) is 8.31. The lowest BCUT2D eigenvalue weighted by Gasteiger charge is -2.25. The fraction of sp³-hybridized carbons (Fsp3) is 0.0500. The molecule has 0 bridgehead atoms. The Balaban J connectivity index is 2.34. The summed E-state index contributed by atoms with van der Waals surface area (Å²) in [5.41, 5.74) is -0.454. The molecular weight excluding hydrogens is 412 g/mol. The minimum Gasteiger partial charge on any atom is -0.497 e. The van der Waals surface area contributed by atoms with Crippen LogP contribution in [0, 0.1) is 11.3 Å². The van der Waals surface area contributed by atoms with Gasteiger partial charge in [0, 0.05) is 6.07 Å². The Morgan fingerprint density at radius 1 is 0.793 bits per heavy atom. The van der Waals surface area contributed by atoms with Gasteiger partial charge in [-0.15, -0.1) is 0 Å². The highest BCUT2D eigenvalue weighted by atomic mass is 32.3. The van der Waals surface area contributed by atoms with Crippen LogP contribution in [0.4, 0.5) is 5.69 Å². The molecule has 0 heterocycles. The van der Waals surface area contributed by atoms with Gasteiger partial charge in [-0.3, -0.25) is 0 Å². The Kier molecular flexibility index (Phi) is 5.59. The van der Waals surface area contributed by atoms with Crippen molar-refractivity contribution in [1.82, 2.24) is 0 Å². The lowest BCUT2D eigenvalue weighted by Crippen LogP contribution is -2.37. The Morgan fingerprint density at radius 2 is 1.28 bits per heavy atom. The van der Waals surface area contributed by atoms with Gasteiger partial charge in [0.15, 0.2) is 0 Å². The second-order valence-electron chi connectivity index (χ2n) is 5.83. The van der Waals surface area contributed by atoms with Gasteiger partial charge in [0.25, 0.3) is 20.0 Å². The van der Waals surface area contributed by atoms with Crippen molar-refractivity contribution in [3.8, 4) is 11.8 Å². The quantitative estimate of drug-likeness (QED) is 0.597. The highest BCUT2D eigenvalue weighted by Crippen LogP contribution is 2.34. The summed E-state index contributed by atoms with van der Waals surface area (Å²) < 4.78 is 58.9. The molecule has 0 atom stereocenters. The number of methoxy groups -OCH3 is 1. The van der Waals surface area contributed by atoms with Gasteiger partial charge in [0.05, 0.1) is 28.2 Å². The van der Waals surface area contributed by atoms with Crippen LogP contribution in [0.15, 0.2) is 88.7 Å². The Labute approximate surface area is 169 Å². The molecule has 29 heavy (non-hydrogen) atoms. The van der Waals surface area contributed by atoms with E-state index in [1.165, 1.54) is 73.8 Å². The van der Waals surface area contributed by atoms with Gasteiger partial charge in [0.2, 0.25) is 0 Å². The van der Waals surface area contributed by atoms with Crippen LogP contribution in [0.2, 0.25) is 0 Å². The van der Waals surface area contributed by atoms with Crippen molar-refractivity contribution in [2.75, 3.05) is 10.8 Å². The van der Waals surface area contributed by atoms with E-state index >= 15 is 0 Å². The van der Waals surface area contributed by atoms with E-state index in [0.717, 1.165) is 0 Å². The number of anilines is 1. The van der Waals surface area contributed by atoms with E-state index < -0.39 is 20.0 Å². The maximum Gasteiger partial charge on any atom is 0.277 e. The molecule has 0 fully saturated rings. The molecule has 9 heteroatoms. The van der Waals surface area contributed by atoms with E-state index in [9.17, 15) is 22.1 Å². The molecule has 0 aliphatic carbocycles. The largest absolute Gasteiger partial charge is 0.497 e. The van der Waals surface area contributed by atoms with Crippen LogP contribution in [0.3, 0.4) is 0 Å². The lowest BCUT2D eigenvalue weighted by atomic mass is 10.2. The summed E-state index contributed by atoms with van der Waals surface area (Å²) in [6.07, 6.45) is 0. The van der Waals surface area contributed by atoms with E-state index in [1.807, 2.05) is 6.07 Å². The van der Waals surface area contributed by atoms with Gasteiger partial charge in [-0.05, 0) is 36.4 Å². The van der Waals surface area contributed by atoms with Crippen LogP contribution >= 0.6 is 0 Å². The number of hydrogen-bond donors (Lipinski definition) is 0. The molecule has 7 nitrogen and oxygen atoms in total. The number of nitrogens with zero attached hydrogens (tertiary/aromatic N) is 2. The molecule has 148 valence electrons. The van der Waals surface area contributed by atoms with Crippen LogP contribution in [0.5, 0.6) is 5.75 Å². The summed E-state index contributed by atoms with van der Waals surface area (Å²) in [4.78, 5) is -0.446. The summed E-state index contributed by atoms with van der Waals surface area (Å²) >= 11 is 0. The molecular formula is C20H16N2O5S2. The molecule has 0 aliphatic rings. The zero-order valence-corrected chi connectivity index (χ0v) is 16.9. The smallest absolute Gasteiger partial charge is 0.277 e. The highest BCUT2D eigenvalue weighted by Gasteiger charge is 2.38. The van der Waals surface area contributed by atoms with Crippen LogP contribution in [-0.4, -0.2) is 23.9 Å². The number of rotatable bonds is 6. The normalized spacial score (nSPS) is 11.4. The molecule has 0 saturated heterocycles. The van der Waals surface area contributed by atoms with Crippen molar-refractivity contribution in [3.05, 3.63) is 84.4 Å². The van der Waals surface area contributed by atoms with E-state index in [2.05, 4.69) is 0 Å². The molecule has 0 saturated carbocycles. The van der Waals surface area contributed by atoms with Crippen LogP contribution in [0.1, 0.15) is 5.56 Å². The van der Waals surface area contributed by atoms with Gasteiger partial charge < -0.3 is 4.74 Å². The third kappa shape index (κ3) is 3.81. The average Bonchev–Trinajstić information content (AvgIpc) is 2.75. The summed E-state index contributed by atoms with van der Waals surface area (Å²) in [6.45, 7) is 0. The number of nitriles is 1. The molecule has 0 radical (unpaired) electrons. The molecule has 0 amide bonds. The molecule has 0 aromatic heterocycles. The standard InChI is InChI=1S/C20H16N2O5S2/c1-27-17-12-13-20(16(14-17)15-21)22(28(23,24)18-8-4-2-5-9-18)29(25,26)19-10-6-3-7-11-19/h2-14H,1H3. The second kappa shape index (κ2) is 7.95. The van der Waals surface area contributed by atoms with E-state index in [-0.39, 0.29) is 21.0 Å². The molecule has 0 aliphatic heterocycles. The third-order valence-electron chi connectivity index (χ3n) is 4.04. The Hall–Kier alpha value is -3.35. The zero-order chi connectivity index (χ0) is 21.1. The van der Waals surface area contributed by atoms with Crippen LogP contribution < -0.4 is 8.45 Å². The van der Waals surface area contributed by atoms with E-state index in [0.29, 0.717) is 9.46 Å². The zero-order valence-electron chi connectivity index (χ0n) is 15.3. The topological polar surface area (TPSA) is 105 Å². The van der Waals surface area contributed by atoms with Gasteiger partial charge in [-0.1, -0.05) is 36.4 Å². The number of hydrogen-bond acceptors (Lipinski definition) is 6. The van der Waals surface area contributed by atoms with Crippen molar-refractivity contribution in [2.24, 2.45) is 0 Å². The first kappa shape index (κ1) is 20.4. The number of sulfonamides is 2. The average molecular weight is 428 g/mol. The van der Waals surface area contributed by atoms with E-state index in [1.54, 1.807) is 12.1 Å². The predicted molar refractivity (Wildman–Crippen MR) is 107 cm³/mol. The van der Waals surface area contributed by atoms with Gasteiger partial charge in [0.1, 0.15) is 11.8 Å². The molecule has 3 aromatic rings. The van der Waals surface area contributed by atoms with Gasteiger partial charge in [-0.2, -0.15) is 8.97 Å². The minimum atomic E-state index is -4.56.